The molecule has 0 amide bonds. The van der Waals surface area contributed by atoms with E-state index < -0.39 is 16.9 Å². The Hall–Kier alpha value is -1.95. The van der Waals surface area contributed by atoms with Gasteiger partial charge >= 0.3 is 0 Å². The lowest BCUT2D eigenvalue weighted by Crippen LogP contribution is -2.15. The van der Waals surface area contributed by atoms with Crippen molar-refractivity contribution >= 4 is 23.3 Å². The number of aromatic nitrogens is 1. The summed E-state index contributed by atoms with van der Waals surface area (Å²) in [7, 11) is 0. The third-order valence-corrected chi connectivity index (χ3v) is 4.70. The van der Waals surface area contributed by atoms with Crippen molar-refractivity contribution in [3.05, 3.63) is 52.3 Å². The average molecular weight is 337 g/mol. The number of H-pyrrole nitrogens is 1. The maximum absolute atomic E-state index is 13.2. The van der Waals surface area contributed by atoms with Crippen LogP contribution in [0.4, 0.5) is 8.78 Å². The molecule has 6 heteroatoms. The van der Waals surface area contributed by atoms with E-state index in [1.165, 1.54) is 13.0 Å². The smallest absolute Gasteiger partial charge is 0.192 e. The van der Waals surface area contributed by atoms with Crippen LogP contribution in [-0.2, 0) is 0 Å². The highest BCUT2D eigenvalue weighted by Crippen LogP contribution is 2.28. The number of aromatic amines is 1. The lowest BCUT2D eigenvalue weighted by Gasteiger charge is -2.10. The van der Waals surface area contributed by atoms with E-state index in [-0.39, 0.29) is 11.6 Å². The molecule has 122 valence electrons. The standard InChI is InChI=1S/C17H17F2NO2S/c1-8-15(10(3)21)9(2)20-16(8)17(22)11(4)23-12-5-6-13(18)14(19)7-12/h5-7,11,20H,1-4H3/t11-/m1/s1. The lowest BCUT2D eigenvalue weighted by molar-refractivity contribution is 0.0988. The van der Waals surface area contributed by atoms with Crippen molar-refractivity contribution in [2.75, 3.05) is 0 Å². The van der Waals surface area contributed by atoms with Gasteiger partial charge in [0.25, 0.3) is 0 Å². The Balaban J connectivity index is 2.24. The second kappa shape index (κ2) is 6.66. The molecular weight excluding hydrogens is 320 g/mol. The number of Topliss-reactive ketones (excluding diaryl/α,β-unsaturated/α-hetero) is 2. The number of nitrogens with one attached hydrogen (secondary N) is 1. The number of halogens is 2. The molecule has 2 aromatic rings. The number of aryl methyl sites for hydroxylation is 1. The predicted octanol–water partition coefficient (Wildman–Crippen LogP) is 4.48. The van der Waals surface area contributed by atoms with Gasteiger partial charge < -0.3 is 4.98 Å². The topological polar surface area (TPSA) is 49.9 Å². The largest absolute Gasteiger partial charge is 0.355 e. The second-order valence-electron chi connectivity index (χ2n) is 5.38. The molecule has 0 aliphatic heterocycles. The van der Waals surface area contributed by atoms with Gasteiger partial charge in [0.15, 0.2) is 23.2 Å². The highest BCUT2D eigenvalue weighted by molar-refractivity contribution is 8.00. The second-order valence-corrected chi connectivity index (χ2v) is 6.80. The van der Waals surface area contributed by atoms with E-state index >= 15 is 0 Å². The molecule has 1 N–H and O–H groups in total. The van der Waals surface area contributed by atoms with Gasteiger partial charge in [-0.15, -0.1) is 11.8 Å². The van der Waals surface area contributed by atoms with Crippen LogP contribution in [0, 0.1) is 25.5 Å². The van der Waals surface area contributed by atoms with Gasteiger partial charge in [0, 0.05) is 16.2 Å². The predicted molar refractivity (Wildman–Crippen MR) is 86.3 cm³/mol. The molecule has 2 rings (SSSR count). The van der Waals surface area contributed by atoms with Crippen LogP contribution in [0.15, 0.2) is 23.1 Å². The van der Waals surface area contributed by atoms with Crippen LogP contribution < -0.4 is 0 Å². The molecule has 0 bridgehead atoms. The van der Waals surface area contributed by atoms with Gasteiger partial charge in [0.2, 0.25) is 0 Å². The average Bonchev–Trinajstić information content (AvgIpc) is 2.77. The van der Waals surface area contributed by atoms with Crippen molar-refractivity contribution in [2.24, 2.45) is 0 Å². The van der Waals surface area contributed by atoms with Crippen LogP contribution in [0.2, 0.25) is 0 Å². The number of carbonyl (C=O) groups is 2. The summed E-state index contributed by atoms with van der Waals surface area (Å²) in [5, 5.41) is -0.503. The number of benzene rings is 1. The minimum Gasteiger partial charge on any atom is -0.355 e. The Bertz CT molecular complexity index is 783. The fourth-order valence-electron chi connectivity index (χ4n) is 2.54. The van der Waals surface area contributed by atoms with Crippen LogP contribution in [0.25, 0.3) is 0 Å². The Labute approximate surface area is 137 Å². The van der Waals surface area contributed by atoms with Crippen LogP contribution in [-0.4, -0.2) is 21.8 Å². The monoisotopic (exact) mass is 337 g/mol. The number of thioether (sulfide) groups is 1. The summed E-state index contributed by atoms with van der Waals surface area (Å²) in [6.07, 6.45) is 0. The zero-order valence-corrected chi connectivity index (χ0v) is 14.1. The Kier molecular flexibility index (Phi) is 5.04. The lowest BCUT2D eigenvalue weighted by atomic mass is 10.0. The van der Waals surface area contributed by atoms with E-state index in [0.29, 0.717) is 27.4 Å². The van der Waals surface area contributed by atoms with Crippen molar-refractivity contribution in [3.8, 4) is 0 Å². The van der Waals surface area contributed by atoms with E-state index in [1.54, 1.807) is 20.8 Å². The molecule has 0 fully saturated rings. The SMILES string of the molecule is CC(=O)c1c(C)[nH]c(C(=O)[C@@H](C)Sc2ccc(F)c(F)c2)c1C. The van der Waals surface area contributed by atoms with Gasteiger partial charge in [-0.1, -0.05) is 0 Å². The quantitative estimate of drug-likeness (QED) is 0.647. The van der Waals surface area contributed by atoms with Gasteiger partial charge in [-0.05, 0) is 51.5 Å². The normalized spacial score (nSPS) is 12.3. The summed E-state index contributed by atoms with van der Waals surface area (Å²) >= 11 is 1.14. The number of hydrogen-bond donors (Lipinski definition) is 1. The molecule has 0 aliphatic carbocycles. The highest BCUT2D eigenvalue weighted by atomic mass is 32.2. The summed E-state index contributed by atoms with van der Waals surface area (Å²) < 4.78 is 26.2. The maximum atomic E-state index is 13.2. The van der Waals surface area contributed by atoms with Crippen molar-refractivity contribution in [1.82, 2.24) is 4.98 Å². The molecule has 0 unspecified atom stereocenters. The van der Waals surface area contributed by atoms with Crippen LogP contribution in [0.5, 0.6) is 0 Å². The summed E-state index contributed by atoms with van der Waals surface area (Å²) in [5.41, 5.74) is 2.19. The molecule has 0 aliphatic rings. The van der Waals surface area contributed by atoms with Gasteiger partial charge in [-0.25, -0.2) is 8.78 Å². The Morgan fingerprint density at radius 1 is 1.17 bits per heavy atom. The van der Waals surface area contributed by atoms with E-state index in [1.807, 2.05) is 0 Å². The Morgan fingerprint density at radius 2 is 1.83 bits per heavy atom. The zero-order chi connectivity index (χ0) is 17.3. The van der Waals surface area contributed by atoms with Gasteiger partial charge in [-0.2, -0.15) is 0 Å². The Morgan fingerprint density at radius 3 is 2.35 bits per heavy atom. The number of ketones is 2. The van der Waals surface area contributed by atoms with Gasteiger partial charge in [0.05, 0.1) is 10.9 Å². The van der Waals surface area contributed by atoms with Crippen LogP contribution >= 0.6 is 11.8 Å². The van der Waals surface area contributed by atoms with E-state index in [4.69, 9.17) is 0 Å². The number of carbonyl (C=O) groups excluding carboxylic acids is 2. The van der Waals surface area contributed by atoms with E-state index in [2.05, 4.69) is 4.98 Å². The number of rotatable bonds is 5. The van der Waals surface area contributed by atoms with Crippen molar-refractivity contribution < 1.29 is 18.4 Å². The van der Waals surface area contributed by atoms with Crippen molar-refractivity contribution in [2.45, 2.75) is 37.8 Å². The molecule has 3 nitrogen and oxygen atoms in total. The minimum atomic E-state index is -0.944. The molecule has 0 radical (unpaired) electrons. The summed E-state index contributed by atoms with van der Waals surface area (Å²) in [5.74, 6) is -2.15. The zero-order valence-electron chi connectivity index (χ0n) is 13.3. The first-order valence-electron chi connectivity index (χ1n) is 7.08. The van der Waals surface area contributed by atoms with Crippen LogP contribution in [0.3, 0.4) is 0 Å². The molecular formula is C17H17F2NO2S. The van der Waals surface area contributed by atoms with Crippen LogP contribution in [0.1, 0.15) is 46.0 Å². The molecule has 0 saturated carbocycles. The van der Waals surface area contributed by atoms with E-state index in [0.717, 1.165) is 23.9 Å². The third kappa shape index (κ3) is 3.52. The number of hydrogen-bond acceptors (Lipinski definition) is 3. The first-order chi connectivity index (χ1) is 10.7. The van der Waals surface area contributed by atoms with Crippen molar-refractivity contribution in [3.63, 3.8) is 0 Å². The fourth-order valence-corrected chi connectivity index (χ4v) is 3.49. The summed E-state index contributed by atoms with van der Waals surface area (Å²) in [6.45, 7) is 6.62. The summed E-state index contributed by atoms with van der Waals surface area (Å²) in [4.78, 5) is 27.7. The molecule has 1 aromatic carbocycles. The molecule has 0 spiro atoms. The molecule has 0 saturated heterocycles. The highest BCUT2D eigenvalue weighted by Gasteiger charge is 2.24. The van der Waals surface area contributed by atoms with E-state index in [9.17, 15) is 18.4 Å². The molecule has 1 heterocycles. The molecule has 1 atom stereocenters. The first kappa shape index (κ1) is 17.4. The molecule has 1 aromatic heterocycles. The van der Waals surface area contributed by atoms with Gasteiger partial charge in [0.1, 0.15) is 0 Å². The van der Waals surface area contributed by atoms with Crippen molar-refractivity contribution in [1.29, 1.82) is 0 Å². The summed E-state index contributed by atoms with van der Waals surface area (Å²) in [6, 6.07) is 3.53. The first-order valence-corrected chi connectivity index (χ1v) is 7.96. The molecule has 23 heavy (non-hydrogen) atoms. The maximum Gasteiger partial charge on any atom is 0.192 e. The van der Waals surface area contributed by atoms with Gasteiger partial charge in [-0.3, -0.25) is 9.59 Å². The minimum absolute atomic E-state index is 0.101. The fraction of sp³-hybridized carbons (Fsp3) is 0.294. The third-order valence-electron chi connectivity index (χ3n) is 3.61.